The Balaban J connectivity index is 1.72. The van der Waals surface area contributed by atoms with E-state index in [1.807, 2.05) is 6.07 Å². The lowest BCUT2D eigenvalue weighted by Crippen LogP contribution is -2.27. The molecular weight excluding hydrogens is 289 g/mol. The molecule has 2 aromatic heterocycles. The Hall–Kier alpha value is -2.20. The number of benzene rings is 1. The largest absolute Gasteiger partial charge is 0.344 e. The molecule has 1 aromatic carbocycles. The maximum Gasteiger partial charge on any atom is 0.213 e. The summed E-state index contributed by atoms with van der Waals surface area (Å²) in [7, 11) is 2.18. The fraction of sp³-hybridized carbons (Fsp3) is 0.316. The summed E-state index contributed by atoms with van der Waals surface area (Å²) >= 11 is 0. The normalized spacial score (nSPS) is 15.0. The van der Waals surface area contributed by atoms with E-state index in [2.05, 4.69) is 45.8 Å². The zero-order valence-electron chi connectivity index (χ0n) is 13.3. The van der Waals surface area contributed by atoms with Gasteiger partial charge in [-0.05, 0) is 42.8 Å². The molecule has 118 valence electrons. The fourth-order valence-electron chi connectivity index (χ4n) is 3.63. The lowest BCUT2D eigenvalue weighted by Gasteiger charge is -2.24. The third-order valence-electron chi connectivity index (χ3n) is 4.77. The molecule has 0 unspecified atom stereocenters. The summed E-state index contributed by atoms with van der Waals surface area (Å²) in [6, 6.07) is 12.1. The first-order chi connectivity index (χ1) is 11.2. The minimum atomic E-state index is -0.400. The van der Waals surface area contributed by atoms with Gasteiger partial charge in [0, 0.05) is 48.8 Å². The van der Waals surface area contributed by atoms with Crippen molar-refractivity contribution in [3.8, 4) is 0 Å². The second-order valence-corrected chi connectivity index (χ2v) is 6.32. The highest BCUT2D eigenvalue weighted by Gasteiger charge is 2.21. The summed E-state index contributed by atoms with van der Waals surface area (Å²) in [5, 5.41) is 1.36. The molecule has 0 atom stereocenters. The minimum Gasteiger partial charge on any atom is -0.344 e. The number of hydrogen-bond acceptors (Lipinski definition) is 2. The number of pyridine rings is 1. The van der Waals surface area contributed by atoms with Gasteiger partial charge in [-0.25, -0.2) is 4.98 Å². The van der Waals surface area contributed by atoms with Crippen molar-refractivity contribution in [2.45, 2.75) is 25.9 Å². The lowest BCUT2D eigenvalue weighted by molar-refractivity contribution is 0.309. The van der Waals surface area contributed by atoms with Crippen molar-refractivity contribution in [3.63, 3.8) is 0 Å². The van der Waals surface area contributed by atoms with E-state index < -0.39 is 5.95 Å². The highest BCUT2D eigenvalue weighted by Crippen LogP contribution is 2.30. The number of hydrogen-bond donors (Lipinski definition) is 0. The fourth-order valence-corrected chi connectivity index (χ4v) is 3.63. The van der Waals surface area contributed by atoms with Crippen molar-refractivity contribution in [3.05, 3.63) is 65.4 Å². The maximum absolute atomic E-state index is 13.3. The van der Waals surface area contributed by atoms with Crippen LogP contribution in [0.3, 0.4) is 0 Å². The Morgan fingerprint density at radius 3 is 2.96 bits per heavy atom. The summed E-state index contributed by atoms with van der Waals surface area (Å²) in [5.74, 6) is -0.400. The number of nitrogens with zero attached hydrogens (tertiary/aromatic N) is 3. The average Bonchev–Trinajstić information content (AvgIpc) is 2.86. The molecule has 0 aliphatic carbocycles. The molecule has 0 fully saturated rings. The Bertz CT molecular complexity index is 853. The van der Waals surface area contributed by atoms with Gasteiger partial charge in [-0.3, -0.25) is 0 Å². The van der Waals surface area contributed by atoms with Crippen molar-refractivity contribution in [2.75, 3.05) is 13.6 Å². The Kier molecular flexibility index (Phi) is 3.62. The molecule has 0 saturated heterocycles. The SMILES string of the molecule is CN1CCc2c(c3ccccc3n2CCc2ccnc(F)c2)C1. The number of fused-ring (bicyclic) bond motifs is 3. The van der Waals surface area contributed by atoms with Gasteiger partial charge in [-0.15, -0.1) is 0 Å². The van der Waals surface area contributed by atoms with Crippen molar-refractivity contribution in [1.29, 1.82) is 0 Å². The van der Waals surface area contributed by atoms with Crippen molar-refractivity contribution < 1.29 is 4.39 Å². The van der Waals surface area contributed by atoms with Gasteiger partial charge in [-0.2, -0.15) is 4.39 Å². The molecule has 4 rings (SSSR count). The molecule has 0 N–H and O–H groups in total. The van der Waals surface area contributed by atoms with Crippen LogP contribution in [0.4, 0.5) is 4.39 Å². The van der Waals surface area contributed by atoms with Gasteiger partial charge in [0.15, 0.2) is 0 Å². The molecule has 0 amide bonds. The van der Waals surface area contributed by atoms with Crippen LogP contribution in [0.15, 0.2) is 42.6 Å². The predicted octanol–water partition coefficient (Wildman–Crippen LogP) is 3.41. The number of aryl methyl sites for hydroxylation is 2. The van der Waals surface area contributed by atoms with Gasteiger partial charge in [0.05, 0.1) is 0 Å². The number of rotatable bonds is 3. The molecule has 3 nitrogen and oxygen atoms in total. The molecule has 1 aliphatic heterocycles. The third-order valence-corrected chi connectivity index (χ3v) is 4.77. The molecule has 0 saturated carbocycles. The van der Waals surface area contributed by atoms with Gasteiger partial charge in [0.1, 0.15) is 0 Å². The highest BCUT2D eigenvalue weighted by atomic mass is 19.1. The number of likely N-dealkylation sites (N-methyl/N-ethyl adjacent to an activating group) is 1. The monoisotopic (exact) mass is 309 g/mol. The zero-order valence-corrected chi connectivity index (χ0v) is 13.3. The second-order valence-electron chi connectivity index (χ2n) is 6.32. The molecule has 3 aromatic rings. The number of halogens is 1. The molecule has 0 bridgehead atoms. The number of para-hydroxylation sites is 1. The topological polar surface area (TPSA) is 21.1 Å². The van der Waals surface area contributed by atoms with E-state index in [9.17, 15) is 4.39 Å². The van der Waals surface area contributed by atoms with Gasteiger partial charge < -0.3 is 9.47 Å². The van der Waals surface area contributed by atoms with Crippen LogP contribution in [0, 0.1) is 5.95 Å². The predicted molar refractivity (Wildman–Crippen MR) is 89.9 cm³/mol. The summed E-state index contributed by atoms with van der Waals surface area (Å²) < 4.78 is 15.7. The van der Waals surface area contributed by atoms with Crippen LogP contribution in [-0.2, 0) is 25.9 Å². The van der Waals surface area contributed by atoms with Crippen molar-refractivity contribution in [2.24, 2.45) is 0 Å². The van der Waals surface area contributed by atoms with Crippen molar-refractivity contribution >= 4 is 10.9 Å². The first-order valence-electron chi connectivity index (χ1n) is 8.10. The third kappa shape index (κ3) is 2.63. The van der Waals surface area contributed by atoms with E-state index in [1.54, 1.807) is 6.20 Å². The van der Waals surface area contributed by atoms with Crippen LogP contribution >= 0.6 is 0 Å². The summed E-state index contributed by atoms with van der Waals surface area (Å²) in [5.41, 5.74) is 5.19. The van der Waals surface area contributed by atoms with Crippen LogP contribution in [0.25, 0.3) is 10.9 Å². The quantitative estimate of drug-likeness (QED) is 0.691. The number of aromatic nitrogens is 2. The molecule has 1 aliphatic rings. The van der Waals surface area contributed by atoms with Crippen LogP contribution in [-0.4, -0.2) is 28.0 Å². The lowest BCUT2D eigenvalue weighted by atomic mass is 10.1. The van der Waals surface area contributed by atoms with Crippen LogP contribution in [0.2, 0.25) is 0 Å². The van der Waals surface area contributed by atoms with Gasteiger partial charge in [0.25, 0.3) is 0 Å². The molecule has 0 radical (unpaired) electrons. The van der Waals surface area contributed by atoms with E-state index in [1.165, 1.54) is 28.2 Å². The molecule has 4 heteroatoms. The minimum absolute atomic E-state index is 0.400. The van der Waals surface area contributed by atoms with Crippen molar-refractivity contribution in [1.82, 2.24) is 14.5 Å². The van der Waals surface area contributed by atoms with Crippen LogP contribution in [0.1, 0.15) is 16.8 Å². The summed E-state index contributed by atoms with van der Waals surface area (Å²) in [6.45, 7) is 2.98. The highest BCUT2D eigenvalue weighted by molar-refractivity contribution is 5.85. The summed E-state index contributed by atoms with van der Waals surface area (Å²) in [6.07, 6.45) is 3.44. The standard InChI is InChI=1S/C19H20FN3/c1-22-10-8-18-16(13-22)15-4-2-3-5-17(15)23(18)11-7-14-6-9-21-19(20)12-14/h2-6,9,12H,7-8,10-11,13H2,1H3. The van der Waals surface area contributed by atoms with E-state index in [-0.39, 0.29) is 0 Å². The molecule has 3 heterocycles. The van der Waals surface area contributed by atoms with E-state index in [0.717, 1.165) is 38.0 Å². The summed E-state index contributed by atoms with van der Waals surface area (Å²) in [4.78, 5) is 6.01. The molecule has 0 spiro atoms. The smallest absolute Gasteiger partial charge is 0.213 e. The maximum atomic E-state index is 13.3. The Labute approximate surface area is 135 Å². The van der Waals surface area contributed by atoms with Gasteiger partial charge in [0.2, 0.25) is 5.95 Å². The first kappa shape index (κ1) is 14.4. The van der Waals surface area contributed by atoms with E-state index in [4.69, 9.17) is 0 Å². The van der Waals surface area contributed by atoms with E-state index in [0.29, 0.717) is 0 Å². The Morgan fingerprint density at radius 2 is 2.09 bits per heavy atom. The Morgan fingerprint density at radius 1 is 1.22 bits per heavy atom. The molecular formula is C19H20FN3. The van der Waals surface area contributed by atoms with Crippen LogP contribution in [0.5, 0.6) is 0 Å². The first-order valence-corrected chi connectivity index (χ1v) is 8.10. The van der Waals surface area contributed by atoms with E-state index >= 15 is 0 Å². The van der Waals surface area contributed by atoms with Gasteiger partial charge >= 0.3 is 0 Å². The second kappa shape index (κ2) is 5.78. The molecule has 23 heavy (non-hydrogen) atoms. The zero-order chi connectivity index (χ0) is 15.8. The van der Waals surface area contributed by atoms with Crippen LogP contribution < -0.4 is 0 Å². The van der Waals surface area contributed by atoms with Gasteiger partial charge in [-0.1, -0.05) is 18.2 Å². The average molecular weight is 309 g/mol.